The number of nitrogens with one attached hydrogen (secondary N) is 1. The summed E-state index contributed by atoms with van der Waals surface area (Å²) >= 11 is 0. The fourth-order valence-corrected chi connectivity index (χ4v) is 1.53. The van der Waals surface area contributed by atoms with Gasteiger partial charge in [0.15, 0.2) is 5.58 Å². The summed E-state index contributed by atoms with van der Waals surface area (Å²) < 4.78 is 4.85. The Hall–Kier alpha value is -2.08. The number of hydrogen-bond donors (Lipinski definition) is 3. The zero-order valence-corrected chi connectivity index (χ0v) is 8.27. The number of benzene rings is 1. The number of nitrogens with two attached hydrogens (primary N) is 1. The van der Waals surface area contributed by atoms with Crippen molar-refractivity contribution in [1.82, 2.24) is 4.98 Å². The van der Waals surface area contributed by atoms with Gasteiger partial charge >= 0.3 is 11.7 Å². The molecule has 1 aromatic heterocycles. The number of carbonyl (C=O) groups is 1. The molecule has 1 atom stereocenters. The lowest BCUT2D eigenvalue weighted by Gasteiger charge is -2.06. The highest BCUT2D eigenvalue weighted by Gasteiger charge is 2.15. The highest BCUT2D eigenvalue weighted by molar-refractivity contribution is 5.78. The van der Waals surface area contributed by atoms with Gasteiger partial charge in [0, 0.05) is 6.42 Å². The summed E-state index contributed by atoms with van der Waals surface area (Å²) in [7, 11) is 0. The highest BCUT2D eigenvalue weighted by atomic mass is 16.4. The average Bonchev–Trinajstić information content (AvgIpc) is 2.59. The molecular formula is C10H10N2O4. The number of aliphatic carboxylic acids is 1. The van der Waals surface area contributed by atoms with Crippen LogP contribution in [-0.2, 0) is 11.2 Å². The van der Waals surface area contributed by atoms with Crippen LogP contribution in [0, 0.1) is 0 Å². The molecule has 16 heavy (non-hydrogen) atoms. The standard InChI is InChI=1S/C10H10N2O4/c11-6(9(13)14)4-5-2-1-3-7-8(5)12-10(15)16-7/h1-3,6H,4,11H2,(H,12,15)(H,13,14). The fourth-order valence-electron chi connectivity index (χ4n) is 1.53. The van der Waals surface area contributed by atoms with Gasteiger partial charge in [-0.1, -0.05) is 12.1 Å². The number of rotatable bonds is 3. The van der Waals surface area contributed by atoms with Gasteiger partial charge in [0.05, 0.1) is 5.52 Å². The van der Waals surface area contributed by atoms with Crippen LogP contribution in [0.15, 0.2) is 27.4 Å². The smallest absolute Gasteiger partial charge is 0.417 e. The largest absolute Gasteiger partial charge is 0.480 e. The van der Waals surface area contributed by atoms with E-state index in [1.54, 1.807) is 18.2 Å². The quantitative estimate of drug-likeness (QED) is 0.681. The number of para-hydroxylation sites is 1. The normalized spacial score (nSPS) is 12.8. The Balaban J connectivity index is 2.44. The first-order chi connectivity index (χ1) is 7.58. The number of H-pyrrole nitrogens is 1. The minimum atomic E-state index is -1.08. The molecular weight excluding hydrogens is 212 g/mol. The predicted octanol–water partition coefficient (Wildman–Crippen LogP) is 0.0755. The molecule has 0 radical (unpaired) electrons. The molecule has 0 bridgehead atoms. The molecule has 2 rings (SSSR count). The second-order valence-corrected chi connectivity index (χ2v) is 3.45. The van der Waals surface area contributed by atoms with Gasteiger partial charge in [0.25, 0.3) is 0 Å². The summed E-state index contributed by atoms with van der Waals surface area (Å²) in [6.45, 7) is 0. The molecule has 0 amide bonds. The van der Waals surface area contributed by atoms with E-state index in [0.29, 0.717) is 16.7 Å². The highest BCUT2D eigenvalue weighted by Crippen LogP contribution is 2.16. The Morgan fingerprint density at radius 3 is 3.00 bits per heavy atom. The molecule has 6 nitrogen and oxygen atoms in total. The molecule has 4 N–H and O–H groups in total. The van der Waals surface area contributed by atoms with Crippen LogP contribution >= 0.6 is 0 Å². The molecule has 0 aliphatic carbocycles. The Morgan fingerprint density at radius 1 is 1.56 bits per heavy atom. The van der Waals surface area contributed by atoms with E-state index in [9.17, 15) is 9.59 Å². The van der Waals surface area contributed by atoms with Gasteiger partial charge in [-0.05, 0) is 11.6 Å². The van der Waals surface area contributed by atoms with Crippen LogP contribution in [0.2, 0.25) is 0 Å². The number of fused-ring (bicyclic) bond motifs is 1. The van der Waals surface area contributed by atoms with Gasteiger partial charge < -0.3 is 15.3 Å². The van der Waals surface area contributed by atoms with Crippen molar-refractivity contribution in [2.24, 2.45) is 5.73 Å². The molecule has 84 valence electrons. The van der Waals surface area contributed by atoms with Gasteiger partial charge in [-0.15, -0.1) is 0 Å². The van der Waals surface area contributed by atoms with Crippen molar-refractivity contribution in [3.63, 3.8) is 0 Å². The van der Waals surface area contributed by atoms with E-state index >= 15 is 0 Å². The number of carboxylic acids is 1. The monoisotopic (exact) mass is 222 g/mol. The zero-order valence-electron chi connectivity index (χ0n) is 8.27. The summed E-state index contributed by atoms with van der Waals surface area (Å²) in [4.78, 5) is 24.1. The minimum absolute atomic E-state index is 0.141. The van der Waals surface area contributed by atoms with Crippen molar-refractivity contribution < 1.29 is 14.3 Å². The van der Waals surface area contributed by atoms with E-state index in [1.165, 1.54) is 0 Å². The van der Waals surface area contributed by atoms with Crippen LogP contribution in [-0.4, -0.2) is 22.1 Å². The summed E-state index contributed by atoms with van der Waals surface area (Å²) in [6, 6.07) is 4.02. The van der Waals surface area contributed by atoms with Gasteiger partial charge in [-0.2, -0.15) is 0 Å². The van der Waals surface area contributed by atoms with Crippen molar-refractivity contribution in [2.45, 2.75) is 12.5 Å². The lowest BCUT2D eigenvalue weighted by atomic mass is 10.1. The summed E-state index contributed by atoms with van der Waals surface area (Å²) in [6.07, 6.45) is 0.141. The Kier molecular flexibility index (Phi) is 2.49. The molecule has 0 aliphatic heterocycles. The third kappa shape index (κ3) is 1.82. The average molecular weight is 222 g/mol. The number of aromatic amines is 1. The van der Waals surface area contributed by atoms with Gasteiger partial charge in [0.2, 0.25) is 0 Å². The van der Waals surface area contributed by atoms with Crippen LogP contribution in [0.1, 0.15) is 5.56 Å². The maximum absolute atomic E-state index is 11.0. The van der Waals surface area contributed by atoms with Crippen molar-refractivity contribution >= 4 is 17.1 Å². The maximum Gasteiger partial charge on any atom is 0.417 e. The third-order valence-electron chi connectivity index (χ3n) is 2.30. The summed E-state index contributed by atoms with van der Waals surface area (Å²) in [5.41, 5.74) is 6.98. The summed E-state index contributed by atoms with van der Waals surface area (Å²) in [5, 5.41) is 8.70. The predicted molar refractivity (Wildman–Crippen MR) is 56.1 cm³/mol. The number of aromatic nitrogens is 1. The summed E-state index contributed by atoms with van der Waals surface area (Å²) in [5.74, 6) is -1.64. The maximum atomic E-state index is 11.0. The van der Waals surface area contributed by atoms with E-state index in [0.717, 1.165) is 0 Å². The van der Waals surface area contributed by atoms with Crippen LogP contribution in [0.25, 0.3) is 11.1 Å². The van der Waals surface area contributed by atoms with E-state index in [-0.39, 0.29) is 6.42 Å². The first-order valence-corrected chi connectivity index (χ1v) is 4.67. The second kappa shape index (κ2) is 3.82. The lowest BCUT2D eigenvalue weighted by Crippen LogP contribution is -2.32. The van der Waals surface area contributed by atoms with E-state index in [2.05, 4.69) is 4.98 Å². The molecule has 1 heterocycles. The minimum Gasteiger partial charge on any atom is -0.480 e. The fraction of sp³-hybridized carbons (Fsp3) is 0.200. The molecule has 0 aliphatic rings. The molecule has 0 saturated carbocycles. The van der Waals surface area contributed by atoms with Crippen LogP contribution in [0.5, 0.6) is 0 Å². The SMILES string of the molecule is NC(Cc1cccc2oc(=O)[nH]c12)C(=O)O. The van der Waals surface area contributed by atoms with Crippen LogP contribution in [0.3, 0.4) is 0 Å². The third-order valence-corrected chi connectivity index (χ3v) is 2.30. The lowest BCUT2D eigenvalue weighted by molar-refractivity contribution is -0.138. The molecule has 2 aromatic rings. The van der Waals surface area contributed by atoms with Crippen molar-refractivity contribution in [1.29, 1.82) is 0 Å². The number of hydrogen-bond acceptors (Lipinski definition) is 4. The Morgan fingerprint density at radius 2 is 2.31 bits per heavy atom. The molecule has 0 spiro atoms. The van der Waals surface area contributed by atoms with E-state index in [4.69, 9.17) is 15.3 Å². The molecule has 0 fully saturated rings. The second-order valence-electron chi connectivity index (χ2n) is 3.45. The first-order valence-electron chi connectivity index (χ1n) is 4.67. The molecule has 6 heteroatoms. The topological polar surface area (TPSA) is 109 Å². The van der Waals surface area contributed by atoms with Crippen molar-refractivity contribution in [3.8, 4) is 0 Å². The van der Waals surface area contributed by atoms with Crippen molar-refractivity contribution in [3.05, 3.63) is 34.3 Å². The van der Waals surface area contributed by atoms with E-state index in [1.807, 2.05) is 0 Å². The van der Waals surface area contributed by atoms with E-state index < -0.39 is 17.8 Å². The first kappa shape index (κ1) is 10.4. The number of oxazole rings is 1. The molecule has 1 unspecified atom stereocenters. The van der Waals surface area contributed by atoms with Crippen LogP contribution in [0.4, 0.5) is 0 Å². The van der Waals surface area contributed by atoms with Gasteiger partial charge in [-0.25, -0.2) is 4.79 Å². The Labute approximate surface area is 89.7 Å². The zero-order chi connectivity index (χ0) is 11.7. The van der Waals surface area contributed by atoms with Gasteiger partial charge in [0.1, 0.15) is 6.04 Å². The van der Waals surface area contributed by atoms with Crippen molar-refractivity contribution in [2.75, 3.05) is 0 Å². The molecule has 0 saturated heterocycles. The molecule has 1 aromatic carbocycles. The van der Waals surface area contributed by atoms with Gasteiger partial charge in [-0.3, -0.25) is 9.78 Å². The number of carboxylic acid groups (broad SMARTS) is 1. The van der Waals surface area contributed by atoms with Crippen LogP contribution < -0.4 is 11.5 Å². The Bertz CT molecular complexity index is 584.